The Morgan fingerprint density at radius 2 is 1.96 bits per heavy atom. The van der Waals surface area contributed by atoms with Crippen LogP contribution in [0, 0.1) is 10.1 Å². The first kappa shape index (κ1) is 17.4. The number of nitro groups is 1. The van der Waals surface area contributed by atoms with Gasteiger partial charge in [0.2, 0.25) is 0 Å². The van der Waals surface area contributed by atoms with Crippen LogP contribution in [0.25, 0.3) is 0 Å². The van der Waals surface area contributed by atoms with Gasteiger partial charge in [0.15, 0.2) is 0 Å². The molecular formula is C15H17N3O6. The number of nitro benzene ring substituents is 1. The summed E-state index contributed by atoms with van der Waals surface area (Å²) in [5.41, 5.74) is -1.30. The number of nitrogens with one attached hydrogen (secondary N) is 1. The van der Waals surface area contributed by atoms with E-state index in [1.165, 1.54) is 18.2 Å². The maximum Gasteiger partial charge on any atom is 0.407 e. The highest BCUT2D eigenvalue weighted by molar-refractivity contribution is 6.23. The zero-order chi connectivity index (χ0) is 18.1. The summed E-state index contributed by atoms with van der Waals surface area (Å²) in [6.07, 6.45) is -0.676. The second-order valence-electron chi connectivity index (χ2n) is 6.15. The van der Waals surface area contributed by atoms with E-state index in [1.54, 1.807) is 20.8 Å². The van der Waals surface area contributed by atoms with Crippen LogP contribution in [0.4, 0.5) is 10.5 Å². The maximum absolute atomic E-state index is 12.3. The normalized spacial score (nSPS) is 13.7. The highest BCUT2D eigenvalue weighted by Gasteiger charge is 2.40. The number of amides is 3. The number of rotatable bonds is 4. The van der Waals surface area contributed by atoms with Gasteiger partial charge in [-0.25, -0.2) is 4.79 Å². The van der Waals surface area contributed by atoms with Crippen molar-refractivity contribution in [1.82, 2.24) is 10.2 Å². The Balaban J connectivity index is 2.05. The molecule has 0 bridgehead atoms. The summed E-state index contributed by atoms with van der Waals surface area (Å²) in [4.78, 5) is 47.2. The number of imide groups is 1. The molecule has 0 saturated carbocycles. The van der Waals surface area contributed by atoms with E-state index in [-0.39, 0.29) is 24.2 Å². The smallest absolute Gasteiger partial charge is 0.407 e. The molecule has 9 nitrogen and oxygen atoms in total. The molecule has 0 aromatic heterocycles. The zero-order valence-corrected chi connectivity index (χ0v) is 13.5. The van der Waals surface area contributed by atoms with Crippen LogP contribution in [-0.4, -0.2) is 46.4 Å². The van der Waals surface area contributed by atoms with E-state index in [9.17, 15) is 24.5 Å². The summed E-state index contributed by atoms with van der Waals surface area (Å²) in [6, 6.07) is 3.89. The lowest BCUT2D eigenvalue weighted by Crippen LogP contribution is -2.40. The standard InChI is InChI=1S/C15H17N3O6/c1-15(2,3)24-14(21)16-7-8-17-12(19)9-5-4-6-10(18(22)23)11(9)13(17)20/h4-6H,7-8H2,1-3H3,(H,16,21). The van der Waals surface area contributed by atoms with Crippen LogP contribution >= 0.6 is 0 Å². The number of hydrogen-bond acceptors (Lipinski definition) is 6. The molecule has 0 atom stereocenters. The predicted octanol–water partition coefficient (Wildman–Crippen LogP) is 1.72. The fourth-order valence-electron chi connectivity index (χ4n) is 2.25. The minimum Gasteiger partial charge on any atom is -0.444 e. The van der Waals surface area contributed by atoms with Crippen molar-refractivity contribution in [3.8, 4) is 0 Å². The van der Waals surface area contributed by atoms with E-state index in [1.807, 2.05) is 0 Å². The van der Waals surface area contributed by atoms with Gasteiger partial charge in [0.05, 0.1) is 10.5 Å². The number of benzene rings is 1. The van der Waals surface area contributed by atoms with Crippen molar-refractivity contribution in [2.24, 2.45) is 0 Å². The number of carbonyl (C=O) groups excluding carboxylic acids is 3. The molecule has 24 heavy (non-hydrogen) atoms. The largest absolute Gasteiger partial charge is 0.444 e. The molecule has 128 valence electrons. The first-order valence-electron chi connectivity index (χ1n) is 7.22. The number of ether oxygens (including phenoxy) is 1. The average Bonchev–Trinajstić information content (AvgIpc) is 2.70. The Morgan fingerprint density at radius 1 is 1.29 bits per heavy atom. The van der Waals surface area contributed by atoms with Gasteiger partial charge in [-0.1, -0.05) is 6.07 Å². The lowest BCUT2D eigenvalue weighted by molar-refractivity contribution is -0.385. The fourth-order valence-corrected chi connectivity index (χ4v) is 2.25. The molecule has 2 rings (SSSR count). The van der Waals surface area contributed by atoms with E-state index in [0.717, 1.165) is 4.90 Å². The number of nitrogens with zero attached hydrogens (tertiary/aromatic N) is 2. The van der Waals surface area contributed by atoms with Crippen LogP contribution < -0.4 is 5.32 Å². The molecule has 0 spiro atoms. The van der Waals surface area contributed by atoms with Crippen molar-refractivity contribution in [3.05, 3.63) is 39.4 Å². The molecule has 1 N–H and O–H groups in total. The lowest BCUT2D eigenvalue weighted by atomic mass is 10.1. The number of fused-ring (bicyclic) bond motifs is 1. The van der Waals surface area contributed by atoms with Crippen LogP contribution in [0.2, 0.25) is 0 Å². The molecule has 0 aliphatic carbocycles. The molecule has 0 fully saturated rings. The van der Waals surface area contributed by atoms with E-state index in [0.29, 0.717) is 0 Å². The second-order valence-corrected chi connectivity index (χ2v) is 6.15. The zero-order valence-electron chi connectivity index (χ0n) is 13.5. The van der Waals surface area contributed by atoms with Gasteiger partial charge in [-0.15, -0.1) is 0 Å². The van der Waals surface area contributed by atoms with Gasteiger partial charge >= 0.3 is 6.09 Å². The number of hydrogen-bond donors (Lipinski definition) is 1. The molecule has 3 amide bonds. The van der Waals surface area contributed by atoms with Crippen LogP contribution in [0.1, 0.15) is 41.5 Å². The highest BCUT2D eigenvalue weighted by Crippen LogP contribution is 2.30. The molecular weight excluding hydrogens is 318 g/mol. The van der Waals surface area contributed by atoms with Crippen molar-refractivity contribution in [2.75, 3.05) is 13.1 Å². The molecule has 0 unspecified atom stereocenters. The van der Waals surface area contributed by atoms with Gasteiger partial charge in [-0.3, -0.25) is 24.6 Å². The van der Waals surface area contributed by atoms with E-state index < -0.39 is 34.1 Å². The van der Waals surface area contributed by atoms with Crippen LogP contribution in [-0.2, 0) is 4.74 Å². The average molecular weight is 335 g/mol. The molecule has 1 aromatic rings. The predicted molar refractivity (Wildman–Crippen MR) is 82.7 cm³/mol. The highest BCUT2D eigenvalue weighted by atomic mass is 16.6. The molecule has 1 aliphatic heterocycles. The summed E-state index contributed by atoms with van der Waals surface area (Å²) in [5.74, 6) is -1.36. The number of carbonyl (C=O) groups is 3. The fraction of sp³-hybridized carbons (Fsp3) is 0.400. The van der Waals surface area contributed by atoms with Gasteiger partial charge < -0.3 is 10.1 Å². The summed E-state index contributed by atoms with van der Waals surface area (Å²) in [7, 11) is 0. The summed E-state index contributed by atoms with van der Waals surface area (Å²) in [5, 5.41) is 13.4. The molecule has 0 saturated heterocycles. The van der Waals surface area contributed by atoms with Crippen LogP contribution in [0.3, 0.4) is 0 Å². The summed E-state index contributed by atoms with van der Waals surface area (Å²) >= 11 is 0. The number of alkyl carbamates (subject to hydrolysis) is 1. The van der Waals surface area contributed by atoms with Gasteiger partial charge in [0, 0.05) is 19.2 Å². The Hall–Kier alpha value is -2.97. The third kappa shape index (κ3) is 3.50. The van der Waals surface area contributed by atoms with Crippen molar-refractivity contribution >= 4 is 23.6 Å². The van der Waals surface area contributed by atoms with E-state index >= 15 is 0 Å². The summed E-state index contributed by atoms with van der Waals surface area (Å²) in [6.45, 7) is 4.98. The van der Waals surface area contributed by atoms with E-state index in [4.69, 9.17) is 4.74 Å². The van der Waals surface area contributed by atoms with Crippen molar-refractivity contribution < 1.29 is 24.0 Å². The molecule has 1 aromatic carbocycles. The Kier molecular flexibility index (Phi) is 4.54. The monoisotopic (exact) mass is 335 g/mol. The first-order chi connectivity index (χ1) is 11.1. The van der Waals surface area contributed by atoms with Crippen LogP contribution in [0.15, 0.2) is 18.2 Å². The first-order valence-corrected chi connectivity index (χ1v) is 7.22. The van der Waals surface area contributed by atoms with Gasteiger partial charge in [0.1, 0.15) is 11.2 Å². The van der Waals surface area contributed by atoms with Gasteiger partial charge in [0.25, 0.3) is 17.5 Å². The van der Waals surface area contributed by atoms with Gasteiger partial charge in [-0.05, 0) is 26.8 Å². The Labute approximate surface area is 137 Å². The molecule has 0 radical (unpaired) electrons. The minimum absolute atomic E-state index is 0.00790. The van der Waals surface area contributed by atoms with Gasteiger partial charge in [-0.2, -0.15) is 0 Å². The molecule has 9 heteroatoms. The third-order valence-electron chi connectivity index (χ3n) is 3.18. The quantitative estimate of drug-likeness (QED) is 0.508. The SMILES string of the molecule is CC(C)(C)OC(=O)NCCN1C(=O)c2cccc([N+](=O)[O-])c2C1=O. The third-order valence-corrected chi connectivity index (χ3v) is 3.18. The molecule has 1 aliphatic rings. The summed E-state index contributed by atoms with van der Waals surface area (Å²) < 4.78 is 5.04. The Morgan fingerprint density at radius 3 is 2.54 bits per heavy atom. The van der Waals surface area contributed by atoms with Crippen LogP contribution in [0.5, 0.6) is 0 Å². The van der Waals surface area contributed by atoms with Crippen molar-refractivity contribution in [1.29, 1.82) is 0 Å². The topological polar surface area (TPSA) is 119 Å². The maximum atomic E-state index is 12.3. The second kappa shape index (κ2) is 6.26. The lowest BCUT2D eigenvalue weighted by Gasteiger charge is -2.20. The minimum atomic E-state index is -0.742. The van der Waals surface area contributed by atoms with Crippen molar-refractivity contribution in [2.45, 2.75) is 26.4 Å². The molecule has 1 heterocycles. The van der Waals surface area contributed by atoms with E-state index in [2.05, 4.69) is 5.32 Å². The van der Waals surface area contributed by atoms with Crippen molar-refractivity contribution in [3.63, 3.8) is 0 Å². The Bertz CT molecular complexity index is 722.